The summed E-state index contributed by atoms with van der Waals surface area (Å²) in [5.41, 5.74) is 0. The van der Waals surface area contributed by atoms with Crippen LogP contribution < -0.4 is 0 Å². The van der Waals surface area contributed by atoms with Gasteiger partial charge in [-0.1, -0.05) is 19.3 Å². The van der Waals surface area contributed by atoms with Gasteiger partial charge in [0.05, 0.1) is 12.7 Å². The molecule has 0 saturated heterocycles. The highest BCUT2D eigenvalue weighted by Gasteiger charge is 2.33. The van der Waals surface area contributed by atoms with E-state index in [4.69, 9.17) is 25.2 Å². The Kier molecular flexibility index (Phi) is 9.91. The van der Waals surface area contributed by atoms with Crippen molar-refractivity contribution < 1.29 is 39.9 Å². The molecule has 20 heavy (non-hydrogen) atoms. The number of hydrogen-bond acceptors (Lipinski definition) is 6. The minimum absolute atomic E-state index is 0.124. The summed E-state index contributed by atoms with van der Waals surface area (Å²) in [5, 5.41) is 44.5. The van der Waals surface area contributed by atoms with E-state index in [9.17, 15) is 14.7 Å². The van der Waals surface area contributed by atoms with Crippen molar-refractivity contribution in [3.63, 3.8) is 0 Å². The lowest BCUT2D eigenvalue weighted by atomic mass is 10.1. The minimum Gasteiger partial charge on any atom is -0.479 e. The van der Waals surface area contributed by atoms with Gasteiger partial charge < -0.3 is 30.3 Å². The molecule has 0 heterocycles. The monoisotopic (exact) mass is 294 g/mol. The van der Waals surface area contributed by atoms with E-state index in [1.165, 1.54) is 0 Å². The molecule has 3 atom stereocenters. The Balaban J connectivity index is 3.97. The third-order valence-corrected chi connectivity index (χ3v) is 2.70. The molecule has 118 valence electrons. The van der Waals surface area contributed by atoms with Gasteiger partial charge in [-0.15, -0.1) is 0 Å². The average molecular weight is 294 g/mol. The number of unbranched alkanes of at least 4 members (excludes halogenated alkanes) is 3. The lowest BCUT2D eigenvalue weighted by Gasteiger charge is -2.18. The Bertz CT molecular complexity index is 293. The molecule has 0 fully saturated rings. The van der Waals surface area contributed by atoms with E-state index in [1.54, 1.807) is 0 Å². The number of aliphatic hydroxyl groups excluding tert-OH is 3. The summed E-state index contributed by atoms with van der Waals surface area (Å²) in [6.07, 6.45) is -1.60. The number of carboxylic acids is 2. The SMILES string of the molecule is O=C(O)C(O)C(OCC(O)CCCCCCO)C(=O)O. The van der Waals surface area contributed by atoms with Crippen LogP contribution in [0.3, 0.4) is 0 Å². The predicted molar refractivity (Wildman–Crippen MR) is 67.2 cm³/mol. The first kappa shape index (κ1) is 18.8. The van der Waals surface area contributed by atoms with Gasteiger partial charge in [-0.2, -0.15) is 0 Å². The highest BCUT2D eigenvalue weighted by molar-refractivity contribution is 5.83. The Morgan fingerprint density at radius 1 is 0.950 bits per heavy atom. The minimum atomic E-state index is -2.18. The first-order valence-corrected chi connectivity index (χ1v) is 6.44. The van der Waals surface area contributed by atoms with Crippen LogP contribution in [0.1, 0.15) is 32.1 Å². The van der Waals surface area contributed by atoms with E-state index < -0.39 is 30.3 Å². The molecule has 0 bridgehead atoms. The molecule has 3 unspecified atom stereocenters. The fourth-order valence-electron chi connectivity index (χ4n) is 1.57. The molecule has 0 amide bonds. The van der Waals surface area contributed by atoms with E-state index in [0.717, 1.165) is 12.8 Å². The topological polar surface area (TPSA) is 145 Å². The summed E-state index contributed by atoms with van der Waals surface area (Å²) >= 11 is 0. The van der Waals surface area contributed by atoms with E-state index in [0.29, 0.717) is 19.3 Å². The van der Waals surface area contributed by atoms with Gasteiger partial charge in [-0.25, -0.2) is 9.59 Å². The van der Waals surface area contributed by atoms with Crippen molar-refractivity contribution in [2.24, 2.45) is 0 Å². The number of aliphatic hydroxyl groups is 3. The van der Waals surface area contributed by atoms with Crippen molar-refractivity contribution >= 4 is 11.9 Å². The predicted octanol–water partition coefficient (Wildman–Crippen LogP) is -0.795. The fourth-order valence-corrected chi connectivity index (χ4v) is 1.57. The highest BCUT2D eigenvalue weighted by atomic mass is 16.5. The zero-order valence-corrected chi connectivity index (χ0v) is 11.1. The zero-order valence-electron chi connectivity index (χ0n) is 11.1. The first-order valence-electron chi connectivity index (χ1n) is 6.44. The largest absolute Gasteiger partial charge is 0.479 e. The maximum absolute atomic E-state index is 10.7. The maximum Gasteiger partial charge on any atom is 0.336 e. The van der Waals surface area contributed by atoms with Gasteiger partial charge in [0.2, 0.25) is 0 Å². The lowest BCUT2D eigenvalue weighted by molar-refractivity contribution is -0.173. The van der Waals surface area contributed by atoms with Crippen molar-refractivity contribution in [1.29, 1.82) is 0 Å². The summed E-state index contributed by atoms with van der Waals surface area (Å²) in [5.74, 6) is -3.30. The zero-order chi connectivity index (χ0) is 15.5. The molecule has 0 aromatic carbocycles. The average Bonchev–Trinajstić information content (AvgIpc) is 2.37. The van der Waals surface area contributed by atoms with E-state index in [-0.39, 0.29) is 13.2 Å². The number of aliphatic carboxylic acids is 2. The molecule has 0 aliphatic carbocycles. The van der Waals surface area contributed by atoms with Crippen LogP contribution in [0.5, 0.6) is 0 Å². The van der Waals surface area contributed by atoms with Gasteiger partial charge in [0, 0.05) is 6.61 Å². The summed E-state index contributed by atoms with van der Waals surface area (Å²) in [4.78, 5) is 21.2. The summed E-state index contributed by atoms with van der Waals surface area (Å²) in [6.45, 7) is -0.236. The van der Waals surface area contributed by atoms with Crippen molar-refractivity contribution in [1.82, 2.24) is 0 Å². The molecule has 0 spiro atoms. The molecular weight excluding hydrogens is 272 g/mol. The van der Waals surface area contributed by atoms with Crippen LogP contribution in [0.25, 0.3) is 0 Å². The van der Waals surface area contributed by atoms with Crippen LogP contribution in [-0.4, -0.2) is 69.0 Å². The Morgan fingerprint density at radius 2 is 1.55 bits per heavy atom. The Morgan fingerprint density at radius 3 is 2.05 bits per heavy atom. The quantitative estimate of drug-likeness (QED) is 0.294. The van der Waals surface area contributed by atoms with Crippen LogP contribution in [0, 0.1) is 0 Å². The second-order valence-electron chi connectivity index (χ2n) is 4.46. The van der Waals surface area contributed by atoms with Crippen LogP contribution in [0.15, 0.2) is 0 Å². The van der Waals surface area contributed by atoms with Crippen molar-refractivity contribution in [2.75, 3.05) is 13.2 Å². The van der Waals surface area contributed by atoms with Gasteiger partial charge in [-0.3, -0.25) is 0 Å². The molecule has 0 aliphatic rings. The third-order valence-electron chi connectivity index (χ3n) is 2.70. The van der Waals surface area contributed by atoms with Gasteiger partial charge >= 0.3 is 11.9 Å². The smallest absolute Gasteiger partial charge is 0.336 e. The lowest BCUT2D eigenvalue weighted by Crippen LogP contribution is -2.43. The number of carbonyl (C=O) groups is 2. The van der Waals surface area contributed by atoms with Crippen LogP contribution in [-0.2, 0) is 14.3 Å². The normalized spacial score (nSPS) is 15.6. The Hall–Kier alpha value is -1.22. The second-order valence-corrected chi connectivity index (χ2v) is 4.46. The molecule has 0 aromatic heterocycles. The Labute approximate surface area is 116 Å². The maximum atomic E-state index is 10.7. The van der Waals surface area contributed by atoms with Crippen LogP contribution >= 0.6 is 0 Å². The van der Waals surface area contributed by atoms with E-state index in [1.807, 2.05) is 0 Å². The van der Waals surface area contributed by atoms with Crippen LogP contribution in [0.4, 0.5) is 0 Å². The van der Waals surface area contributed by atoms with E-state index >= 15 is 0 Å². The van der Waals surface area contributed by atoms with Crippen molar-refractivity contribution in [3.05, 3.63) is 0 Å². The molecule has 8 nitrogen and oxygen atoms in total. The van der Waals surface area contributed by atoms with Gasteiger partial charge in [0.1, 0.15) is 0 Å². The third kappa shape index (κ3) is 8.05. The summed E-state index contributed by atoms with van der Waals surface area (Å²) in [6, 6.07) is 0. The number of hydrogen-bond donors (Lipinski definition) is 5. The van der Waals surface area contributed by atoms with Crippen LogP contribution in [0.2, 0.25) is 0 Å². The highest BCUT2D eigenvalue weighted by Crippen LogP contribution is 2.08. The first-order chi connectivity index (χ1) is 9.40. The van der Waals surface area contributed by atoms with Crippen molar-refractivity contribution in [3.8, 4) is 0 Å². The number of rotatable bonds is 12. The van der Waals surface area contributed by atoms with Gasteiger partial charge in [-0.05, 0) is 12.8 Å². The molecule has 0 radical (unpaired) electrons. The fraction of sp³-hybridized carbons (Fsp3) is 0.833. The number of carboxylic acid groups (broad SMARTS) is 2. The summed E-state index contributed by atoms with van der Waals surface area (Å²) < 4.78 is 4.75. The molecule has 0 saturated carbocycles. The van der Waals surface area contributed by atoms with E-state index in [2.05, 4.69) is 0 Å². The summed E-state index contributed by atoms with van der Waals surface area (Å²) in [7, 11) is 0. The van der Waals surface area contributed by atoms with Crippen molar-refractivity contribution in [2.45, 2.75) is 50.4 Å². The standard InChI is InChI=1S/C12H22O8/c13-6-4-2-1-3-5-8(14)7-20-10(12(18)19)9(15)11(16)17/h8-10,13-15H,1-7H2,(H,16,17)(H,18,19). The number of ether oxygens (including phenoxy) is 1. The molecule has 8 heteroatoms. The van der Waals surface area contributed by atoms with Gasteiger partial charge in [0.25, 0.3) is 0 Å². The van der Waals surface area contributed by atoms with Gasteiger partial charge in [0.15, 0.2) is 12.2 Å². The molecule has 0 rings (SSSR count). The molecule has 0 aromatic rings. The molecule has 5 N–H and O–H groups in total. The molecule has 0 aliphatic heterocycles. The molecular formula is C12H22O8. The second kappa shape index (κ2) is 10.6.